The Morgan fingerprint density at radius 3 is 0.704 bits per heavy atom. The molecule has 1 aromatic heterocycles. The number of pyridine rings is 1. The predicted molar refractivity (Wildman–Crippen MR) is 202 cm³/mol. The van der Waals surface area contributed by atoms with Crippen molar-refractivity contribution in [1.29, 1.82) is 0 Å². The second-order valence-electron chi connectivity index (χ2n) is 15.4. The lowest BCUT2D eigenvalue weighted by Crippen LogP contribution is -2.75. The van der Waals surface area contributed by atoms with Gasteiger partial charge in [-0.2, -0.15) is 127 Å². The third-order valence-electron chi connectivity index (χ3n) is 10.5. The summed E-state index contributed by atoms with van der Waals surface area (Å²) in [6.45, 7) is 0.779. The number of aromatic nitrogens is 1. The molecule has 5 aromatic carbocycles. The molecule has 0 aliphatic rings. The minimum absolute atomic E-state index is 0.188. The van der Waals surface area contributed by atoms with Gasteiger partial charge in [-0.25, -0.2) is 8.96 Å². The molecule has 6 aromatic rings. The molecule has 0 N–H and O–H groups in total. The molecule has 0 unspecified atom stereocenters. The fraction of sp³-hybridized carbons (Fsp3) is 0.205. The highest BCUT2D eigenvalue weighted by Crippen LogP contribution is 2.41. The molecule has 0 fully saturated rings. The van der Waals surface area contributed by atoms with Gasteiger partial charge in [-0.15, -0.1) is 0 Å². The van der Waals surface area contributed by atoms with E-state index in [9.17, 15) is 110 Å². The average molecular weight is 1050 g/mol. The highest BCUT2D eigenvalue weighted by molar-refractivity contribution is 7.20. The zero-order valence-electron chi connectivity index (χ0n) is 34.3. The highest BCUT2D eigenvalue weighted by atomic mass is 19.4. The molecular weight excluding hydrogens is 1030 g/mol. The molecule has 0 atom stereocenters. The summed E-state index contributed by atoms with van der Waals surface area (Å²) in [5.74, 6) is -0.188. The van der Waals surface area contributed by atoms with Crippen LogP contribution in [-0.2, 0) is 56.0 Å². The van der Waals surface area contributed by atoms with Gasteiger partial charge in [-0.05, 0) is 48.5 Å². The summed E-state index contributed by atoms with van der Waals surface area (Å²) in [5, 5.41) is 0. The third-order valence-corrected chi connectivity index (χ3v) is 10.5. The van der Waals surface area contributed by atoms with Crippen LogP contribution in [-0.4, -0.2) is 6.15 Å². The van der Waals surface area contributed by atoms with Crippen molar-refractivity contribution in [3.63, 3.8) is 0 Å². The molecule has 0 saturated heterocycles. The Bertz CT molecular complexity index is 2390. The van der Waals surface area contributed by atoms with E-state index < -0.39 is 195 Å². The van der Waals surface area contributed by atoms with Crippen LogP contribution in [0.2, 0.25) is 0 Å². The summed E-state index contributed by atoms with van der Waals surface area (Å²) < 4.78 is 355. The fourth-order valence-corrected chi connectivity index (χ4v) is 7.41. The second kappa shape index (κ2) is 19.0. The van der Waals surface area contributed by atoms with E-state index in [1.54, 1.807) is 12.1 Å². The minimum Gasteiger partial charge on any atom is -0.207 e. The van der Waals surface area contributed by atoms with Gasteiger partial charge in [0, 0.05) is 17.7 Å². The monoisotopic (exact) mass is 1050 g/mol. The SMILES string of the molecule is FC(F)(F)c1cc([B-](c2cc(C(F)(F)F)cc(C(F)(F)F)c2)(c2cc(C(F)(F)F)cc(C(F)(F)F)c2)c2cc(C(F)(F)F)cc(C(F)(F)F)c2)cc(C(F)(F)F)c1.Fc1ccc(C[n+]2ccccc2)cc1. The number of halogens is 25. The lowest BCUT2D eigenvalue weighted by Gasteiger charge is -2.46. The molecule has 1 heterocycles. The predicted octanol–water partition coefficient (Wildman–Crippen LogP) is 13.4. The second-order valence-corrected chi connectivity index (χ2v) is 15.4. The van der Waals surface area contributed by atoms with Crippen molar-refractivity contribution in [3.8, 4) is 0 Å². The lowest BCUT2D eigenvalue weighted by molar-refractivity contribution is -0.688. The summed E-state index contributed by atoms with van der Waals surface area (Å²) in [6.07, 6.45) is -50.8. The first kappa shape index (κ1) is 55.5. The molecule has 6 rings (SSSR count). The van der Waals surface area contributed by atoms with Crippen molar-refractivity contribution in [2.75, 3.05) is 0 Å². The van der Waals surface area contributed by atoms with E-state index in [0.717, 1.165) is 12.1 Å². The van der Waals surface area contributed by atoms with Crippen LogP contribution in [0.25, 0.3) is 0 Å². The molecule has 382 valence electrons. The molecule has 1 nitrogen and oxygen atoms in total. The maximum atomic E-state index is 14.2. The zero-order chi connectivity index (χ0) is 53.7. The first-order valence-electron chi connectivity index (χ1n) is 19.1. The topological polar surface area (TPSA) is 3.88 Å². The van der Waals surface area contributed by atoms with E-state index in [1.807, 2.05) is 35.2 Å². The van der Waals surface area contributed by atoms with E-state index >= 15 is 0 Å². The Hall–Kier alpha value is -6.44. The maximum absolute atomic E-state index is 14.2. The molecule has 27 heteroatoms. The highest BCUT2D eigenvalue weighted by Gasteiger charge is 2.47. The molecule has 0 bridgehead atoms. The molecule has 0 saturated carbocycles. The van der Waals surface area contributed by atoms with Crippen LogP contribution in [0, 0.1) is 5.82 Å². The summed E-state index contributed by atoms with van der Waals surface area (Å²) in [7, 11) is 0. The average Bonchev–Trinajstić information content (AvgIpc) is 3.22. The van der Waals surface area contributed by atoms with E-state index in [2.05, 4.69) is 0 Å². The van der Waals surface area contributed by atoms with E-state index in [1.165, 1.54) is 12.1 Å². The first-order valence-corrected chi connectivity index (χ1v) is 19.1. The molecule has 0 aliphatic carbocycles. The molecule has 0 amide bonds. The summed E-state index contributed by atoms with van der Waals surface area (Å²) >= 11 is 0. The van der Waals surface area contributed by atoms with Gasteiger partial charge in [0.2, 0.25) is 0 Å². The largest absolute Gasteiger partial charge is 0.416 e. The Kier molecular flexibility index (Phi) is 14.8. The number of hydrogen-bond donors (Lipinski definition) is 0. The van der Waals surface area contributed by atoms with Crippen molar-refractivity contribution in [2.45, 2.75) is 56.0 Å². The molecular formula is C44H23BF25N. The van der Waals surface area contributed by atoms with Crippen LogP contribution in [0.5, 0.6) is 0 Å². The minimum atomic E-state index is -6.13. The lowest BCUT2D eigenvalue weighted by atomic mass is 9.12. The number of hydrogen-bond acceptors (Lipinski definition) is 0. The van der Waals surface area contributed by atoms with Crippen LogP contribution in [0.4, 0.5) is 110 Å². The van der Waals surface area contributed by atoms with Crippen LogP contribution >= 0.6 is 0 Å². The van der Waals surface area contributed by atoms with Crippen LogP contribution in [0.1, 0.15) is 50.1 Å². The maximum Gasteiger partial charge on any atom is 0.416 e. The van der Waals surface area contributed by atoms with Gasteiger partial charge in [-0.1, -0.05) is 54.6 Å². The van der Waals surface area contributed by atoms with Gasteiger partial charge in [0.25, 0.3) is 0 Å². The standard InChI is InChI=1S/C32H12BF24.C12H11FN/c34-25(35,36)13-1-14(26(37,38)39)6-21(5-13)33(22-7-15(27(40,41)42)2-16(8-22)28(43,44)45,23-9-17(29(46,47)48)3-18(10-23)30(49,50)51)24-11-19(31(52,53)54)4-20(12-24)32(55,56)57;13-12-6-4-11(5-7-12)10-14-8-2-1-3-9-14/h1-12H;1-9H,10H2/q-1;+1. The Labute approximate surface area is 381 Å². The number of benzene rings is 5. The van der Waals surface area contributed by atoms with Gasteiger partial charge in [-0.3, -0.25) is 0 Å². The van der Waals surface area contributed by atoms with Crippen molar-refractivity contribution in [3.05, 3.63) is 184 Å². The molecule has 0 aliphatic heterocycles. The van der Waals surface area contributed by atoms with Gasteiger partial charge < -0.3 is 0 Å². The van der Waals surface area contributed by atoms with Crippen molar-refractivity contribution < 1.29 is 114 Å². The normalized spacial score (nSPS) is 13.5. The smallest absolute Gasteiger partial charge is 0.207 e. The molecule has 0 radical (unpaired) electrons. The van der Waals surface area contributed by atoms with Crippen molar-refractivity contribution in [1.82, 2.24) is 0 Å². The van der Waals surface area contributed by atoms with Crippen LogP contribution in [0.3, 0.4) is 0 Å². The molecule has 0 spiro atoms. The Morgan fingerprint density at radius 1 is 0.296 bits per heavy atom. The van der Waals surface area contributed by atoms with Gasteiger partial charge in [0.15, 0.2) is 18.9 Å². The van der Waals surface area contributed by atoms with Crippen molar-refractivity contribution in [2.24, 2.45) is 0 Å². The zero-order valence-corrected chi connectivity index (χ0v) is 34.3. The van der Waals surface area contributed by atoms with E-state index in [-0.39, 0.29) is 5.82 Å². The van der Waals surface area contributed by atoms with Gasteiger partial charge >= 0.3 is 49.4 Å². The number of alkyl halides is 24. The Morgan fingerprint density at radius 2 is 0.507 bits per heavy atom. The van der Waals surface area contributed by atoms with E-state index in [4.69, 9.17) is 0 Å². The summed E-state index contributed by atoms with van der Waals surface area (Å²) in [6, 6.07) is 3.69. The van der Waals surface area contributed by atoms with Crippen LogP contribution in [0.15, 0.2) is 128 Å². The van der Waals surface area contributed by atoms with Gasteiger partial charge in [0.05, 0.1) is 44.5 Å². The summed E-state index contributed by atoms with van der Waals surface area (Å²) in [5.41, 5.74) is -29.1. The summed E-state index contributed by atoms with van der Waals surface area (Å²) in [4.78, 5) is 0. The fourth-order valence-electron chi connectivity index (χ4n) is 7.41. The first-order chi connectivity index (χ1) is 32.1. The van der Waals surface area contributed by atoms with Crippen molar-refractivity contribution >= 4 is 28.0 Å². The van der Waals surface area contributed by atoms with Gasteiger partial charge in [0.1, 0.15) is 12.0 Å². The van der Waals surface area contributed by atoms with Crippen LogP contribution < -0.4 is 26.4 Å². The third kappa shape index (κ3) is 13.1. The number of rotatable bonds is 6. The molecule has 71 heavy (non-hydrogen) atoms. The quantitative estimate of drug-likeness (QED) is 0.0889. The van der Waals surface area contributed by atoms with E-state index in [0.29, 0.717) is 0 Å². The Balaban J connectivity index is 0.000000569. The number of nitrogens with zero attached hydrogens (tertiary/aromatic N) is 1.